The topological polar surface area (TPSA) is 86.0 Å². The number of para-hydroxylation sites is 1. The molecular formula is C23H19NO6. The number of nitrogens with zero attached hydrogens (tertiary/aromatic N) is 1. The van der Waals surface area contributed by atoms with Crippen LogP contribution in [0.4, 0.5) is 4.79 Å². The van der Waals surface area contributed by atoms with E-state index in [-0.39, 0.29) is 12.5 Å². The second-order valence-corrected chi connectivity index (χ2v) is 7.68. The van der Waals surface area contributed by atoms with Crippen LogP contribution in [0.3, 0.4) is 0 Å². The predicted molar refractivity (Wildman–Crippen MR) is 108 cm³/mol. The Morgan fingerprint density at radius 2 is 1.77 bits per heavy atom. The van der Waals surface area contributed by atoms with Crippen molar-refractivity contribution in [3.63, 3.8) is 0 Å². The zero-order valence-corrected chi connectivity index (χ0v) is 16.1. The minimum Gasteiger partial charge on any atom is -0.430 e. The van der Waals surface area contributed by atoms with Gasteiger partial charge < -0.3 is 18.8 Å². The fourth-order valence-corrected chi connectivity index (χ4v) is 4.06. The Labute approximate surface area is 171 Å². The average molecular weight is 405 g/mol. The SMILES string of the molecule is O=C1OCC2(CCN(C(=O)c3cccc(-c4cc5ccccc5oc4=O)c3)CC2)O1. The first-order chi connectivity index (χ1) is 14.5. The number of hydrogen-bond donors (Lipinski definition) is 0. The Bertz CT molecular complexity index is 1210. The molecule has 2 aliphatic heterocycles. The summed E-state index contributed by atoms with van der Waals surface area (Å²) in [5.41, 5.74) is 1.01. The lowest BCUT2D eigenvalue weighted by atomic mass is 9.92. The molecule has 0 saturated carbocycles. The van der Waals surface area contributed by atoms with Gasteiger partial charge in [0.15, 0.2) is 5.60 Å². The van der Waals surface area contributed by atoms with Crippen molar-refractivity contribution in [1.29, 1.82) is 0 Å². The molecule has 1 aromatic heterocycles. The number of ether oxygens (including phenoxy) is 2. The lowest BCUT2D eigenvalue weighted by Gasteiger charge is -2.36. The third-order valence-electron chi connectivity index (χ3n) is 5.78. The first-order valence-electron chi connectivity index (χ1n) is 9.81. The van der Waals surface area contributed by atoms with Crippen LogP contribution in [0.25, 0.3) is 22.1 Å². The van der Waals surface area contributed by atoms with Gasteiger partial charge in [-0.05, 0) is 29.8 Å². The largest absolute Gasteiger partial charge is 0.509 e. The summed E-state index contributed by atoms with van der Waals surface area (Å²) in [7, 11) is 0. The number of likely N-dealkylation sites (tertiary alicyclic amines) is 1. The molecule has 30 heavy (non-hydrogen) atoms. The number of amides is 1. The van der Waals surface area contributed by atoms with E-state index < -0.39 is 17.4 Å². The number of cyclic esters (lactones) is 1. The first-order valence-corrected chi connectivity index (χ1v) is 9.81. The van der Waals surface area contributed by atoms with Crippen LogP contribution < -0.4 is 5.63 Å². The average Bonchev–Trinajstić information content (AvgIpc) is 3.13. The highest BCUT2D eigenvalue weighted by molar-refractivity contribution is 5.96. The maximum absolute atomic E-state index is 13.0. The molecule has 2 saturated heterocycles. The van der Waals surface area contributed by atoms with E-state index >= 15 is 0 Å². The van der Waals surface area contributed by atoms with Gasteiger partial charge in [-0.25, -0.2) is 9.59 Å². The maximum atomic E-state index is 13.0. The molecule has 7 nitrogen and oxygen atoms in total. The molecule has 152 valence electrons. The van der Waals surface area contributed by atoms with E-state index in [0.29, 0.717) is 48.2 Å². The molecule has 0 bridgehead atoms. The van der Waals surface area contributed by atoms with Gasteiger partial charge in [0.05, 0.1) is 5.56 Å². The van der Waals surface area contributed by atoms with Gasteiger partial charge in [-0.3, -0.25) is 4.79 Å². The van der Waals surface area contributed by atoms with Crippen molar-refractivity contribution in [2.75, 3.05) is 19.7 Å². The molecule has 0 atom stereocenters. The predicted octanol–water partition coefficient (Wildman–Crippen LogP) is 3.60. The fraction of sp³-hybridized carbons (Fsp3) is 0.261. The van der Waals surface area contributed by atoms with Crippen molar-refractivity contribution in [3.8, 4) is 11.1 Å². The van der Waals surface area contributed by atoms with Crippen LogP contribution in [0.1, 0.15) is 23.2 Å². The molecule has 2 aromatic carbocycles. The van der Waals surface area contributed by atoms with Gasteiger partial charge in [0.1, 0.15) is 12.2 Å². The summed E-state index contributed by atoms with van der Waals surface area (Å²) < 4.78 is 15.7. The van der Waals surface area contributed by atoms with Gasteiger partial charge in [0, 0.05) is 36.9 Å². The molecule has 1 amide bonds. The quantitative estimate of drug-likeness (QED) is 0.478. The summed E-state index contributed by atoms with van der Waals surface area (Å²) in [5, 5.41) is 0.818. The monoisotopic (exact) mass is 405 g/mol. The van der Waals surface area contributed by atoms with Crippen LogP contribution in [0.15, 0.2) is 63.8 Å². The standard InChI is InChI=1S/C23H19NO6/c25-20(24-10-8-23(9-11-24)14-28-22(27)30-23)17-6-3-5-15(12-17)18-13-16-4-1-2-7-19(16)29-21(18)26/h1-7,12-13H,8-11,14H2. The van der Waals surface area contributed by atoms with Crippen molar-refractivity contribution in [3.05, 3.63) is 70.6 Å². The summed E-state index contributed by atoms with van der Waals surface area (Å²) in [6, 6.07) is 16.1. The van der Waals surface area contributed by atoms with E-state index in [9.17, 15) is 14.4 Å². The second-order valence-electron chi connectivity index (χ2n) is 7.68. The number of carbonyl (C=O) groups excluding carboxylic acids is 2. The number of carbonyl (C=O) groups is 2. The van der Waals surface area contributed by atoms with Crippen LogP contribution in [-0.2, 0) is 9.47 Å². The molecule has 2 fully saturated rings. The van der Waals surface area contributed by atoms with Crippen LogP contribution >= 0.6 is 0 Å². The second kappa shape index (κ2) is 7.02. The van der Waals surface area contributed by atoms with Crippen LogP contribution in [0.5, 0.6) is 0 Å². The number of fused-ring (bicyclic) bond motifs is 1. The minimum atomic E-state index is -0.642. The Hall–Kier alpha value is -3.61. The zero-order valence-electron chi connectivity index (χ0n) is 16.1. The molecule has 0 unspecified atom stereocenters. The highest BCUT2D eigenvalue weighted by atomic mass is 16.8. The smallest absolute Gasteiger partial charge is 0.430 e. The molecule has 0 N–H and O–H groups in total. The lowest BCUT2D eigenvalue weighted by molar-refractivity contribution is 0.00281. The Kier molecular flexibility index (Phi) is 4.31. The first kappa shape index (κ1) is 18.4. The van der Waals surface area contributed by atoms with E-state index in [1.807, 2.05) is 18.2 Å². The van der Waals surface area contributed by atoms with Gasteiger partial charge in [-0.15, -0.1) is 0 Å². The summed E-state index contributed by atoms with van der Waals surface area (Å²) in [4.78, 5) is 38.5. The van der Waals surface area contributed by atoms with Crippen LogP contribution in [0, 0.1) is 0 Å². The summed E-state index contributed by atoms with van der Waals surface area (Å²) >= 11 is 0. The Morgan fingerprint density at radius 3 is 2.53 bits per heavy atom. The van der Waals surface area contributed by atoms with E-state index in [1.54, 1.807) is 41.3 Å². The lowest BCUT2D eigenvalue weighted by Crippen LogP contribution is -2.48. The van der Waals surface area contributed by atoms with Crippen LogP contribution in [-0.4, -0.2) is 42.3 Å². The van der Waals surface area contributed by atoms with Crippen LogP contribution in [0.2, 0.25) is 0 Å². The summed E-state index contributed by atoms with van der Waals surface area (Å²) in [6.07, 6.45) is 0.438. The molecule has 0 radical (unpaired) electrons. The van der Waals surface area contributed by atoms with E-state index in [0.717, 1.165) is 5.39 Å². The molecule has 0 aliphatic carbocycles. The van der Waals surface area contributed by atoms with E-state index in [1.165, 1.54) is 0 Å². The molecule has 3 heterocycles. The highest BCUT2D eigenvalue weighted by Crippen LogP contribution is 2.32. The molecule has 3 aromatic rings. The van der Waals surface area contributed by atoms with Gasteiger partial charge in [0.25, 0.3) is 5.91 Å². The van der Waals surface area contributed by atoms with Crippen molar-refractivity contribution in [2.45, 2.75) is 18.4 Å². The third kappa shape index (κ3) is 3.22. The highest BCUT2D eigenvalue weighted by Gasteiger charge is 2.45. The Balaban J connectivity index is 1.39. The van der Waals surface area contributed by atoms with Crippen molar-refractivity contribution in [1.82, 2.24) is 4.90 Å². The van der Waals surface area contributed by atoms with Gasteiger partial charge in [0.2, 0.25) is 0 Å². The number of hydrogen-bond acceptors (Lipinski definition) is 6. The third-order valence-corrected chi connectivity index (χ3v) is 5.78. The van der Waals surface area contributed by atoms with Crippen molar-refractivity contribution >= 4 is 23.0 Å². The molecular weight excluding hydrogens is 386 g/mol. The Morgan fingerprint density at radius 1 is 0.967 bits per heavy atom. The number of piperidine rings is 1. The van der Waals surface area contributed by atoms with Gasteiger partial charge in [-0.2, -0.15) is 0 Å². The molecule has 5 rings (SSSR count). The van der Waals surface area contributed by atoms with E-state index in [4.69, 9.17) is 13.9 Å². The van der Waals surface area contributed by atoms with Gasteiger partial charge in [-0.1, -0.05) is 30.3 Å². The molecule has 7 heteroatoms. The van der Waals surface area contributed by atoms with Crippen molar-refractivity contribution < 1.29 is 23.5 Å². The molecule has 2 aliphatic rings. The number of rotatable bonds is 2. The fourth-order valence-electron chi connectivity index (χ4n) is 4.06. The summed E-state index contributed by atoms with van der Waals surface area (Å²) in [5.74, 6) is -0.123. The zero-order chi connectivity index (χ0) is 20.7. The molecule has 1 spiro atoms. The van der Waals surface area contributed by atoms with Gasteiger partial charge >= 0.3 is 11.8 Å². The van der Waals surface area contributed by atoms with Crippen molar-refractivity contribution in [2.24, 2.45) is 0 Å². The normalized spacial score (nSPS) is 17.7. The number of benzene rings is 2. The van der Waals surface area contributed by atoms with E-state index in [2.05, 4.69) is 0 Å². The minimum absolute atomic E-state index is 0.123. The summed E-state index contributed by atoms with van der Waals surface area (Å²) in [6.45, 7) is 1.18. The maximum Gasteiger partial charge on any atom is 0.509 e.